The van der Waals surface area contributed by atoms with Crippen molar-refractivity contribution in [3.63, 3.8) is 0 Å². The normalized spacial score (nSPS) is 16.9. The molecule has 2 aromatic carbocycles. The molecule has 0 bridgehead atoms. The van der Waals surface area contributed by atoms with Gasteiger partial charge in [0.2, 0.25) is 5.91 Å². The molecule has 10 heteroatoms. The molecule has 2 aliphatic heterocycles. The molecule has 0 spiro atoms. The molecular formula is C25H20F4N4O2. The van der Waals surface area contributed by atoms with Crippen LogP contribution in [0.1, 0.15) is 33.5 Å². The third-order valence-corrected chi connectivity index (χ3v) is 6.23. The first-order valence-corrected chi connectivity index (χ1v) is 11.1. The first-order valence-electron chi connectivity index (χ1n) is 11.1. The Bertz CT molecular complexity index is 1320. The molecule has 1 atom stereocenters. The zero-order valence-corrected chi connectivity index (χ0v) is 18.4. The average molecular weight is 484 g/mol. The summed E-state index contributed by atoms with van der Waals surface area (Å²) in [6.07, 6.45) is 2.50. The molecule has 1 fully saturated rings. The van der Waals surface area contributed by atoms with Gasteiger partial charge in [-0.25, -0.2) is 22.5 Å². The molecule has 180 valence electrons. The Morgan fingerprint density at radius 1 is 1.06 bits per heavy atom. The van der Waals surface area contributed by atoms with Crippen molar-refractivity contribution in [2.24, 2.45) is 0 Å². The van der Waals surface area contributed by atoms with E-state index in [1.807, 2.05) is 4.90 Å². The predicted octanol–water partition coefficient (Wildman–Crippen LogP) is 3.54. The Kier molecular flexibility index (Phi) is 5.88. The van der Waals surface area contributed by atoms with Gasteiger partial charge in [0.25, 0.3) is 5.91 Å². The molecule has 2 aliphatic rings. The van der Waals surface area contributed by atoms with E-state index in [0.717, 1.165) is 12.1 Å². The number of halogens is 4. The summed E-state index contributed by atoms with van der Waals surface area (Å²) in [5.41, 5.74) is 1.96. The second kappa shape index (κ2) is 9.01. The van der Waals surface area contributed by atoms with Gasteiger partial charge in [-0.1, -0.05) is 0 Å². The van der Waals surface area contributed by atoms with Crippen LogP contribution in [0, 0.1) is 23.3 Å². The van der Waals surface area contributed by atoms with Crippen molar-refractivity contribution in [1.29, 1.82) is 0 Å². The summed E-state index contributed by atoms with van der Waals surface area (Å²) in [7, 11) is 0. The monoisotopic (exact) mass is 484 g/mol. The second-order valence-electron chi connectivity index (χ2n) is 8.50. The van der Waals surface area contributed by atoms with E-state index >= 15 is 0 Å². The number of hydrogen-bond donors (Lipinski definition) is 2. The third kappa shape index (κ3) is 4.31. The molecule has 3 aromatic rings. The lowest BCUT2D eigenvalue weighted by molar-refractivity contribution is -0.120. The van der Waals surface area contributed by atoms with E-state index < -0.39 is 35.2 Å². The summed E-state index contributed by atoms with van der Waals surface area (Å²) in [5.74, 6) is -5.14. The highest BCUT2D eigenvalue weighted by atomic mass is 19.2. The smallest absolute Gasteiger partial charge is 0.255 e. The van der Waals surface area contributed by atoms with Gasteiger partial charge in [-0.05, 0) is 72.4 Å². The minimum atomic E-state index is -1.52. The SMILES string of the molecule is O=C(NC1CCNC1=O)c1c(F)ccc2c1CCN2c1cc(Cc2cc(F)c(F)c(F)c2)ccn1. The van der Waals surface area contributed by atoms with E-state index in [-0.39, 0.29) is 23.5 Å². The number of anilines is 2. The largest absolute Gasteiger partial charge is 0.354 e. The van der Waals surface area contributed by atoms with Gasteiger partial charge in [-0.3, -0.25) is 9.59 Å². The van der Waals surface area contributed by atoms with Crippen LogP contribution in [0.15, 0.2) is 42.6 Å². The maximum atomic E-state index is 14.7. The summed E-state index contributed by atoms with van der Waals surface area (Å²) in [6.45, 7) is 0.880. The molecule has 1 aromatic heterocycles. The summed E-state index contributed by atoms with van der Waals surface area (Å²) in [4.78, 5) is 30.9. The maximum absolute atomic E-state index is 14.7. The molecule has 3 heterocycles. The van der Waals surface area contributed by atoms with E-state index in [1.54, 1.807) is 18.2 Å². The van der Waals surface area contributed by atoms with Crippen molar-refractivity contribution >= 4 is 23.3 Å². The van der Waals surface area contributed by atoms with Crippen molar-refractivity contribution in [2.45, 2.75) is 25.3 Å². The maximum Gasteiger partial charge on any atom is 0.255 e. The van der Waals surface area contributed by atoms with Crippen LogP contribution in [-0.4, -0.2) is 35.9 Å². The Labute approximate surface area is 198 Å². The fraction of sp³-hybridized carbons (Fsp3) is 0.240. The van der Waals surface area contributed by atoms with Crippen LogP contribution in [0.2, 0.25) is 0 Å². The van der Waals surface area contributed by atoms with Gasteiger partial charge in [-0.2, -0.15) is 0 Å². The van der Waals surface area contributed by atoms with Crippen LogP contribution >= 0.6 is 0 Å². The molecule has 0 aliphatic carbocycles. The number of hydrogen-bond acceptors (Lipinski definition) is 4. The van der Waals surface area contributed by atoms with Crippen LogP contribution in [0.5, 0.6) is 0 Å². The first-order chi connectivity index (χ1) is 16.8. The fourth-order valence-electron chi connectivity index (χ4n) is 4.57. The number of fused-ring (bicyclic) bond motifs is 1. The van der Waals surface area contributed by atoms with Gasteiger partial charge in [0.05, 0.1) is 5.56 Å². The average Bonchev–Trinajstić information content (AvgIpc) is 3.43. The highest BCUT2D eigenvalue weighted by molar-refractivity contribution is 6.01. The van der Waals surface area contributed by atoms with Crippen LogP contribution in [-0.2, 0) is 17.6 Å². The van der Waals surface area contributed by atoms with Crippen LogP contribution < -0.4 is 15.5 Å². The molecule has 2 amide bonds. The van der Waals surface area contributed by atoms with Crippen LogP contribution in [0.3, 0.4) is 0 Å². The number of amides is 2. The summed E-state index contributed by atoms with van der Waals surface area (Å²) < 4.78 is 55.2. The van der Waals surface area contributed by atoms with Crippen LogP contribution in [0.25, 0.3) is 0 Å². The summed E-state index contributed by atoms with van der Waals surface area (Å²) in [6, 6.07) is 7.36. The molecule has 1 unspecified atom stereocenters. The molecule has 1 saturated heterocycles. The Morgan fingerprint density at radius 2 is 1.83 bits per heavy atom. The van der Waals surface area contributed by atoms with Crippen molar-refractivity contribution < 1.29 is 27.2 Å². The number of nitrogens with one attached hydrogen (secondary N) is 2. The zero-order chi connectivity index (χ0) is 24.7. The van der Waals surface area contributed by atoms with E-state index in [9.17, 15) is 27.2 Å². The lowest BCUT2D eigenvalue weighted by Gasteiger charge is -2.20. The number of carbonyl (C=O) groups excluding carboxylic acids is 2. The number of pyridine rings is 1. The van der Waals surface area contributed by atoms with Gasteiger partial charge >= 0.3 is 0 Å². The van der Waals surface area contributed by atoms with Gasteiger partial charge in [0.1, 0.15) is 17.7 Å². The standard InChI is InChI=1S/C25H20F4N4O2/c26-16-1-2-20-15(22(16)25(35)32-19-4-7-31-24(19)34)5-8-33(20)21-12-13(3-6-30-21)9-14-10-17(27)23(29)18(28)11-14/h1-3,6,10-12,19H,4-5,7-9H2,(H,31,34)(H,32,35). The van der Waals surface area contributed by atoms with Crippen molar-refractivity contribution in [3.8, 4) is 0 Å². The lowest BCUT2D eigenvalue weighted by atomic mass is 10.0. The number of nitrogens with zero attached hydrogens (tertiary/aromatic N) is 2. The van der Waals surface area contributed by atoms with Crippen molar-refractivity contribution in [1.82, 2.24) is 15.6 Å². The minimum absolute atomic E-state index is 0.0990. The van der Waals surface area contributed by atoms with Gasteiger partial charge in [0.15, 0.2) is 17.5 Å². The number of benzene rings is 2. The van der Waals surface area contributed by atoms with E-state index in [1.165, 1.54) is 12.3 Å². The molecule has 2 N–H and O–H groups in total. The van der Waals surface area contributed by atoms with Gasteiger partial charge < -0.3 is 15.5 Å². The minimum Gasteiger partial charge on any atom is -0.354 e. The van der Waals surface area contributed by atoms with E-state index in [4.69, 9.17) is 0 Å². The highest BCUT2D eigenvalue weighted by Gasteiger charge is 2.32. The molecule has 5 rings (SSSR count). The third-order valence-electron chi connectivity index (χ3n) is 6.23. The fourth-order valence-corrected chi connectivity index (χ4v) is 4.57. The van der Waals surface area contributed by atoms with Gasteiger partial charge in [0, 0.05) is 25.0 Å². The second-order valence-corrected chi connectivity index (χ2v) is 8.50. The summed E-state index contributed by atoms with van der Waals surface area (Å²) >= 11 is 0. The number of aromatic nitrogens is 1. The zero-order valence-electron chi connectivity index (χ0n) is 18.4. The quantitative estimate of drug-likeness (QED) is 0.429. The Balaban J connectivity index is 1.41. The molecule has 6 nitrogen and oxygen atoms in total. The molecule has 0 saturated carbocycles. The number of carbonyl (C=O) groups is 2. The lowest BCUT2D eigenvalue weighted by Crippen LogP contribution is -2.40. The highest BCUT2D eigenvalue weighted by Crippen LogP contribution is 2.37. The topological polar surface area (TPSA) is 74.3 Å². The Hall–Kier alpha value is -3.95. The predicted molar refractivity (Wildman–Crippen MR) is 119 cm³/mol. The molecule has 35 heavy (non-hydrogen) atoms. The van der Waals surface area contributed by atoms with Gasteiger partial charge in [-0.15, -0.1) is 0 Å². The molecular weight excluding hydrogens is 464 g/mol. The van der Waals surface area contributed by atoms with Crippen LogP contribution in [0.4, 0.5) is 29.1 Å². The summed E-state index contributed by atoms with van der Waals surface area (Å²) in [5, 5.41) is 5.24. The van der Waals surface area contributed by atoms with E-state index in [0.29, 0.717) is 48.6 Å². The first kappa shape index (κ1) is 22.8. The van der Waals surface area contributed by atoms with Crippen molar-refractivity contribution in [2.75, 3.05) is 18.0 Å². The van der Waals surface area contributed by atoms with E-state index in [2.05, 4.69) is 15.6 Å². The molecule has 0 radical (unpaired) electrons. The Morgan fingerprint density at radius 3 is 2.54 bits per heavy atom. The van der Waals surface area contributed by atoms with Crippen molar-refractivity contribution in [3.05, 3.63) is 88.1 Å². The number of rotatable bonds is 5.